The monoisotopic (exact) mass is 468 g/mol. The van der Waals surface area contributed by atoms with Crippen molar-refractivity contribution in [1.82, 2.24) is 0 Å². The molecule has 2 aromatic carbocycles. The van der Waals surface area contributed by atoms with Gasteiger partial charge in [0, 0.05) is 5.02 Å². The predicted octanol–water partition coefficient (Wildman–Crippen LogP) is 3.60. The van der Waals surface area contributed by atoms with E-state index in [2.05, 4.69) is 5.32 Å². The number of halogens is 1. The number of carbonyl (C=O) groups excluding carboxylic acids is 4. The van der Waals surface area contributed by atoms with Crippen molar-refractivity contribution in [3.63, 3.8) is 0 Å². The third kappa shape index (κ3) is 4.61. The molecule has 0 radical (unpaired) electrons. The molecule has 9 heteroatoms. The highest BCUT2D eigenvalue weighted by atomic mass is 35.5. The largest absolute Gasteiger partial charge is 0.495 e. The number of ether oxygens (including phenoxy) is 2. The normalized spacial score (nSPS) is 19.3. The molecule has 8 nitrogen and oxygen atoms in total. The van der Waals surface area contributed by atoms with Gasteiger partial charge < -0.3 is 14.8 Å². The first-order chi connectivity index (χ1) is 15.9. The zero-order valence-corrected chi connectivity index (χ0v) is 18.5. The van der Waals surface area contributed by atoms with Crippen LogP contribution in [0.2, 0.25) is 5.02 Å². The lowest BCUT2D eigenvalue weighted by Crippen LogP contribution is -2.31. The Morgan fingerprint density at radius 3 is 2.42 bits per heavy atom. The molecular formula is C24H21ClN2O6. The van der Waals surface area contributed by atoms with E-state index in [-0.39, 0.29) is 29.2 Å². The highest BCUT2D eigenvalue weighted by Gasteiger charge is 2.47. The number of rotatable bonds is 6. The van der Waals surface area contributed by atoms with E-state index in [1.165, 1.54) is 25.3 Å². The van der Waals surface area contributed by atoms with Gasteiger partial charge in [0.25, 0.3) is 5.91 Å². The predicted molar refractivity (Wildman–Crippen MR) is 121 cm³/mol. The number of allylic oxidation sites excluding steroid dienone is 2. The Morgan fingerprint density at radius 2 is 1.76 bits per heavy atom. The topological polar surface area (TPSA) is 102 Å². The lowest BCUT2D eigenvalue weighted by Gasteiger charge is -2.15. The first-order valence-corrected chi connectivity index (χ1v) is 10.7. The number of hydrogen-bond donors (Lipinski definition) is 1. The summed E-state index contributed by atoms with van der Waals surface area (Å²) in [5.74, 6) is -2.22. The molecule has 1 heterocycles. The maximum absolute atomic E-state index is 12.8. The second kappa shape index (κ2) is 9.46. The minimum absolute atomic E-state index is 0.120. The Bertz CT molecular complexity index is 1140. The third-order valence-electron chi connectivity index (χ3n) is 5.62. The summed E-state index contributed by atoms with van der Waals surface area (Å²) in [4.78, 5) is 51.5. The Labute approximate surface area is 195 Å². The van der Waals surface area contributed by atoms with E-state index < -0.39 is 18.5 Å². The molecule has 4 rings (SSSR count). The SMILES string of the molecule is COc1ccc(Cl)cc1NC(=O)COC(=O)c1cccc(N2C(=O)[C@H]3CC=CC[C@@H]3C2=O)c1. The van der Waals surface area contributed by atoms with Gasteiger partial charge in [0.2, 0.25) is 11.8 Å². The number of imide groups is 1. The van der Waals surface area contributed by atoms with Gasteiger partial charge in [-0.15, -0.1) is 0 Å². The number of carbonyl (C=O) groups is 4. The highest BCUT2D eigenvalue weighted by Crippen LogP contribution is 2.37. The number of benzene rings is 2. The molecule has 1 aliphatic carbocycles. The maximum atomic E-state index is 12.8. The van der Waals surface area contributed by atoms with E-state index >= 15 is 0 Å². The van der Waals surface area contributed by atoms with Crippen LogP contribution in [0.5, 0.6) is 5.75 Å². The van der Waals surface area contributed by atoms with Crippen LogP contribution in [0, 0.1) is 11.8 Å². The van der Waals surface area contributed by atoms with Crippen molar-refractivity contribution in [2.45, 2.75) is 12.8 Å². The van der Waals surface area contributed by atoms with Crippen molar-refractivity contribution in [3.8, 4) is 5.75 Å². The number of amides is 3. The zero-order chi connectivity index (χ0) is 23.5. The first kappa shape index (κ1) is 22.5. The van der Waals surface area contributed by atoms with E-state index in [0.717, 1.165) is 4.90 Å². The van der Waals surface area contributed by atoms with Crippen LogP contribution in [-0.2, 0) is 19.1 Å². The van der Waals surface area contributed by atoms with Gasteiger partial charge in [0.1, 0.15) is 5.75 Å². The maximum Gasteiger partial charge on any atom is 0.338 e. The van der Waals surface area contributed by atoms with Crippen molar-refractivity contribution in [3.05, 3.63) is 65.2 Å². The van der Waals surface area contributed by atoms with Crippen molar-refractivity contribution < 1.29 is 28.7 Å². The first-order valence-electron chi connectivity index (χ1n) is 10.3. The molecule has 1 fully saturated rings. The summed E-state index contributed by atoms with van der Waals surface area (Å²) in [7, 11) is 1.45. The second-order valence-electron chi connectivity index (χ2n) is 7.69. The van der Waals surface area contributed by atoms with Gasteiger partial charge in [-0.25, -0.2) is 4.79 Å². The number of fused-ring (bicyclic) bond motifs is 1. The fourth-order valence-corrected chi connectivity index (χ4v) is 4.18. The minimum atomic E-state index is -0.761. The van der Waals surface area contributed by atoms with Gasteiger partial charge in [0.05, 0.1) is 35.9 Å². The van der Waals surface area contributed by atoms with Crippen LogP contribution < -0.4 is 15.0 Å². The number of nitrogens with zero attached hydrogens (tertiary/aromatic N) is 1. The van der Waals surface area contributed by atoms with Gasteiger partial charge in [-0.2, -0.15) is 0 Å². The van der Waals surface area contributed by atoms with Crippen LogP contribution in [-0.4, -0.2) is 37.4 Å². The summed E-state index contributed by atoms with van der Waals surface area (Å²) in [6, 6.07) is 10.8. The molecule has 2 aromatic rings. The average molecular weight is 469 g/mol. The molecule has 1 N–H and O–H groups in total. The zero-order valence-electron chi connectivity index (χ0n) is 17.7. The number of esters is 1. The van der Waals surface area contributed by atoms with E-state index in [4.69, 9.17) is 21.1 Å². The molecule has 3 amide bonds. The Morgan fingerprint density at radius 1 is 1.06 bits per heavy atom. The fraction of sp³-hybridized carbons (Fsp3) is 0.250. The Hall–Kier alpha value is -3.65. The quantitative estimate of drug-likeness (QED) is 0.395. The molecule has 0 unspecified atom stereocenters. The molecule has 170 valence electrons. The van der Waals surface area contributed by atoms with Crippen LogP contribution >= 0.6 is 11.6 Å². The number of anilines is 2. The summed E-state index contributed by atoms with van der Waals surface area (Å²) < 4.78 is 10.3. The molecule has 2 aliphatic rings. The summed E-state index contributed by atoms with van der Waals surface area (Å²) in [5, 5.41) is 2.98. The van der Waals surface area contributed by atoms with Gasteiger partial charge in [-0.1, -0.05) is 29.8 Å². The van der Waals surface area contributed by atoms with Gasteiger partial charge in [-0.05, 0) is 49.2 Å². The second-order valence-corrected chi connectivity index (χ2v) is 8.12. The van der Waals surface area contributed by atoms with E-state index in [1.54, 1.807) is 24.3 Å². The number of nitrogens with one attached hydrogen (secondary N) is 1. The molecule has 1 saturated heterocycles. The van der Waals surface area contributed by atoms with E-state index in [1.807, 2.05) is 12.2 Å². The van der Waals surface area contributed by atoms with Gasteiger partial charge in [0.15, 0.2) is 6.61 Å². The van der Waals surface area contributed by atoms with Crippen molar-refractivity contribution in [2.24, 2.45) is 11.8 Å². The van der Waals surface area contributed by atoms with Crippen molar-refractivity contribution in [1.29, 1.82) is 0 Å². The van der Waals surface area contributed by atoms with Crippen molar-refractivity contribution >= 4 is 46.7 Å². The molecule has 0 saturated carbocycles. The minimum Gasteiger partial charge on any atom is -0.495 e. The molecule has 33 heavy (non-hydrogen) atoms. The van der Waals surface area contributed by atoms with Gasteiger partial charge >= 0.3 is 5.97 Å². The van der Waals surface area contributed by atoms with E-state index in [9.17, 15) is 19.2 Å². The number of hydrogen-bond acceptors (Lipinski definition) is 6. The van der Waals surface area contributed by atoms with Gasteiger partial charge in [-0.3, -0.25) is 19.3 Å². The third-order valence-corrected chi connectivity index (χ3v) is 5.85. The molecule has 0 aromatic heterocycles. The van der Waals surface area contributed by atoms with Crippen LogP contribution in [0.1, 0.15) is 23.2 Å². The standard InChI is InChI=1S/C24H21ClN2O6/c1-32-20-10-9-15(25)12-19(20)26-21(28)13-33-24(31)14-5-4-6-16(11-14)27-22(29)17-7-2-3-8-18(17)23(27)30/h2-6,9-12,17-18H,7-8,13H2,1H3,(H,26,28)/t17-,18-/m0/s1. The summed E-state index contributed by atoms with van der Waals surface area (Å²) in [5.41, 5.74) is 0.770. The fourth-order valence-electron chi connectivity index (χ4n) is 4.01. The molecule has 1 aliphatic heterocycles. The van der Waals surface area contributed by atoms with Crippen LogP contribution in [0.15, 0.2) is 54.6 Å². The number of methoxy groups -OCH3 is 1. The summed E-state index contributed by atoms with van der Waals surface area (Å²) >= 11 is 5.95. The van der Waals surface area contributed by atoms with E-state index in [0.29, 0.717) is 35.0 Å². The smallest absolute Gasteiger partial charge is 0.338 e. The lowest BCUT2D eigenvalue weighted by atomic mass is 9.85. The molecular weight excluding hydrogens is 448 g/mol. The molecule has 0 bridgehead atoms. The Balaban J connectivity index is 1.41. The van der Waals surface area contributed by atoms with Crippen LogP contribution in [0.4, 0.5) is 11.4 Å². The van der Waals surface area contributed by atoms with Crippen LogP contribution in [0.25, 0.3) is 0 Å². The van der Waals surface area contributed by atoms with Crippen LogP contribution in [0.3, 0.4) is 0 Å². The summed E-state index contributed by atoms with van der Waals surface area (Å²) in [6.07, 6.45) is 4.88. The summed E-state index contributed by atoms with van der Waals surface area (Å²) in [6.45, 7) is -0.546. The molecule has 2 atom stereocenters. The lowest BCUT2D eigenvalue weighted by molar-refractivity contribution is -0.122. The molecule has 0 spiro atoms. The average Bonchev–Trinajstić information content (AvgIpc) is 3.08. The Kier molecular flexibility index (Phi) is 6.46. The highest BCUT2D eigenvalue weighted by molar-refractivity contribution is 6.31. The van der Waals surface area contributed by atoms with Crippen molar-refractivity contribution in [2.75, 3.05) is 23.9 Å².